The van der Waals surface area contributed by atoms with E-state index in [1.807, 2.05) is 0 Å². The summed E-state index contributed by atoms with van der Waals surface area (Å²) in [5.41, 5.74) is 0. The van der Waals surface area contributed by atoms with Crippen molar-refractivity contribution in [3.8, 4) is 0 Å². The number of ketones is 4. The van der Waals surface area contributed by atoms with Crippen LogP contribution in [0.25, 0.3) is 0 Å². The van der Waals surface area contributed by atoms with Gasteiger partial charge in [-0.3, -0.25) is 19.2 Å². The van der Waals surface area contributed by atoms with Crippen LogP contribution in [0.3, 0.4) is 0 Å². The lowest BCUT2D eigenvalue weighted by atomic mass is 9.73. The summed E-state index contributed by atoms with van der Waals surface area (Å²) >= 11 is 0. The van der Waals surface area contributed by atoms with E-state index in [-0.39, 0.29) is 18.3 Å². The van der Waals surface area contributed by atoms with Crippen molar-refractivity contribution in [3.63, 3.8) is 0 Å². The molecule has 0 spiro atoms. The highest BCUT2D eigenvalue weighted by Gasteiger charge is 2.38. The maximum Gasteiger partial charge on any atom is 0.272 e. The molecule has 0 aromatic heterocycles. The Morgan fingerprint density at radius 1 is 0.448 bits per heavy atom. The number of hydrogen-bond acceptors (Lipinski definition) is 4. The molecule has 0 radical (unpaired) electrons. The second kappa shape index (κ2) is 13.8. The molecule has 0 heterocycles. The maximum atomic E-state index is 12.7. The fraction of sp³-hybridized carbons (Fsp3) is 0.840. The molecule has 0 amide bonds. The van der Waals surface area contributed by atoms with Crippen molar-refractivity contribution in [2.24, 2.45) is 11.8 Å². The van der Waals surface area contributed by atoms with Crippen molar-refractivity contribution in [1.82, 2.24) is 0 Å². The lowest BCUT2D eigenvalue weighted by Gasteiger charge is -2.30. The van der Waals surface area contributed by atoms with Crippen molar-refractivity contribution in [2.45, 2.75) is 122 Å². The zero-order valence-corrected chi connectivity index (χ0v) is 18.2. The van der Waals surface area contributed by atoms with Gasteiger partial charge in [-0.25, -0.2) is 0 Å². The molecule has 29 heavy (non-hydrogen) atoms. The Hall–Kier alpha value is -1.32. The first kappa shape index (κ1) is 24.0. The summed E-state index contributed by atoms with van der Waals surface area (Å²) in [6.45, 7) is 0. The Morgan fingerprint density at radius 2 is 0.862 bits per heavy atom. The first-order valence-corrected chi connectivity index (χ1v) is 12.3. The minimum Gasteiger partial charge on any atom is -0.290 e. The van der Waals surface area contributed by atoms with Crippen LogP contribution in [0.1, 0.15) is 122 Å². The zero-order valence-electron chi connectivity index (χ0n) is 18.2. The van der Waals surface area contributed by atoms with E-state index in [4.69, 9.17) is 0 Å². The van der Waals surface area contributed by atoms with Gasteiger partial charge >= 0.3 is 0 Å². The fourth-order valence-corrected chi connectivity index (χ4v) is 5.06. The number of Topliss-reactive ketones (excluding diaryl/α,β-unsaturated/α-hetero) is 4. The lowest BCUT2D eigenvalue weighted by Crippen LogP contribution is -2.38. The van der Waals surface area contributed by atoms with Crippen LogP contribution in [0.2, 0.25) is 0 Å². The van der Waals surface area contributed by atoms with Crippen LogP contribution in [0.15, 0.2) is 0 Å². The van der Waals surface area contributed by atoms with Gasteiger partial charge in [0.05, 0.1) is 0 Å². The third-order valence-corrected chi connectivity index (χ3v) is 6.91. The van der Waals surface area contributed by atoms with Crippen LogP contribution >= 0.6 is 0 Å². The van der Waals surface area contributed by atoms with E-state index in [1.54, 1.807) is 0 Å². The lowest BCUT2D eigenvalue weighted by molar-refractivity contribution is -0.150. The summed E-state index contributed by atoms with van der Waals surface area (Å²) in [5.74, 6) is -3.50. The molecule has 2 atom stereocenters. The van der Waals surface area contributed by atoms with Crippen LogP contribution in [0.5, 0.6) is 0 Å². The second-order valence-electron chi connectivity index (χ2n) is 9.23. The molecule has 2 aliphatic rings. The molecule has 2 saturated carbocycles. The molecule has 164 valence electrons. The van der Waals surface area contributed by atoms with Crippen molar-refractivity contribution in [3.05, 3.63) is 0 Å². The Morgan fingerprint density at radius 3 is 1.41 bits per heavy atom. The molecule has 2 fully saturated rings. The second-order valence-corrected chi connectivity index (χ2v) is 9.23. The SMILES string of the molecule is O=C1CCCCCCCCCCCCCCCC2CCCCC2C(=O)C(=O)C1=O. The summed E-state index contributed by atoms with van der Waals surface area (Å²) in [7, 11) is 0. The van der Waals surface area contributed by atoms with E-state index in [9.17, 15) is 19.2 Å². The largest absolute Gasteiger partial charge is 0.290 e. The average molecular weight is 405 g/mol. The molecule has 4 nitrogen and oxygen atoms in total. The van der Waals surface area contributed by atoms with Gasteiger partial charge in [0.2, 0.25) is 11.6 Å². The minimum atomic E-state index is -1.06. The van der Waals surface area contributed by atoms with Gasteiger partial charge in [0.25, 0.3) is 11.6 Å². The molecule has 0 N–H and O–H groups in total. The van der Waals surface area contributed by atoms with E-state index in [0.29, 0.717) is 12.8 Å². The number of hydrogen-bond donors (Lipinski definition) is 0. The highest BCUT2D eigenvalue weighted by atomic mass is 16.2. The third-order valence-electron chi connectivity index (χ3n) is 6.91. The topological polar surface area (TPSA) is 68.3 Å². The summed E-state index contributed by atoms with van der Waals surface area (Å²) in [6, 6.07) is 0. The first-order valence-electron chi connectivity index (χ1n) is 12.3. The van der Waals surface area contributed by atoms with E-state index in [1.165, 1.54) is 57.8 Å². The van der Waals surface area contributed by atoms with E-state index in [2.05, 4.69) is 0 Å². The summed E-state index contributed by atoms with van der Waals surface area (Å²) in [5, 5.41) is 0. The van der Waals surface area contributed by atoms with Gasteiger partial charge in [0, 0.05) is 12.3 Å². The smallest absolute Gasteiger partial charge is 0.272 e. The van der Waals surface area contributed by atoms with E-state index < -0.39 is 23.1 Å². The summed E-state index contributed by atoms with van der Waals surface area (Å²) < 4.78 is 0. The Bertz CT molecular complexity index is 551. The van der Waals surface area contributed by atoms with Crippen LogP contribution < -0.4 is 0 Å². The molecule has 2 rings (SSSR count). The molecular formula is C25H40O4. The molecule has 0 saturated heterocycles. The molecule has 0 aromatic rings. The monoisotopic (exact) mass is 404 g/mol. The maximum absolute atomic E-state index is 12.7. The van der Waals surface area contributed by atoms with Gasteiger partial charge in [-0.05, 0) is 31.6 Å². The molecule has 2 unspecified atom stereocenters. The van der Waals surface area contributed by atoms with Crippen molar-refractivity contribution < 1.29 is 19.2 Å². The predicted octanol–water partition coefficient (Wildman–Crippen LogP) is 5.93. The van der Waals surface area contributed by atoms with Crippen LogP contribution in [-0.2, 0) is 19.2 Å². The number of rotatable bonds is 0. The van der Waals surface area contributed by atoms with Crippen LogP contribution in [0, 0.1) is 11.8 Å². The van der Waals surface area contributed by atoms with Gasteiger partial charge in [0.15, 0.2) is 0 Å². The van der Waals surface area contributed by atoms with Gasteiger partial charge in [-0.1, -0.05) is 89.9 Å². The Balaban J connectivity index is 1.94. The van der Waals surface area contributed by atoms with E-state index >= 15 is 0 Å². The molecular weight excluding hydrogens is 364 g/mol. The Labute approximate surface area is 176 Å². The zero-order chi connectivity index (χ0) is 20.9. The number of carbonyl (C=O) groups is 4. The van der Waals surface area contributed by atoms with Gasteiger partial charge in [-0.2, -0.15) is 0 Å². The standard InChI is InChI=1S/C25H40O4/c26-22-19-13-11-9-7-5-3-1-2-4-6-8-10-12-16-20-17-14-15-18-21(20)23(27)25(29)24(22)28/h20-21H,1-19H2. The van der Waals surface area contributed by atoms with Crippen molar-refractivity contribution in [2.75, 3.05) is 0 Å². The molecule has 0 aromatic carbocycles. The third kappa shape index (κ3) is 8.52. The van der Waals surface area contributed by atoms with Crippen molar-refractivity contribution in [1.29, 1.82) is 0 Å². The molecule has 0 aliphatic heterocycles. The van der Waals surface area contributed by atoms with Crippen LogP contribution in [-0.4, -0.2) is 23.1 Å². The summed E-state index contributed by atoms with van der Waals surface area (Å²) in [4.78, 5) is 49.5. The molecule has 4 heteroatoms. The first-order chi connectivity index (χ1) is 14.1. The van der Waals surface area contributed by atoms with Crippen LogP contribution in [0.4, 0.5) is 0 Å². The van der Waals surface area contributed by atoms with Gasteiger partial charge in [-0.15, -0.1) is 0 Å². The predicted molar refractivity (Wildman–Crippen MR) is 115 cm³/mol. The summed E-state index contributed by atoms with van der Waals surface area (Å²) in [6.07, 6.45) is 19.8. The van der Waals surface area contributed by atoms with Gasteiger partial charge in [0.1, 0.15) is 0 Å². The molecule has 2 aliphatic carbocycles. The highest BCUT2D eigenvalue weighted by molar-refractivity contribution is 6.78. The minimum absolute atomic E-state index is 0.103. The van der Waals surface area contributed by atoms with E-state index in [0.717, 1.165) is 44.9 Å². The fourth-order valence-electron chi connectivity index (χ4n) is 5.06. The number of carbonyl (C=O) groups excluding carboxylic acids is 4. The Kier molecular flexibility index (Phi) is 11.4. The van der Waals surface area contributed by atoms with Crippen molar-refractivity contribution >= 4 is 23.1 Å². The quantitative estimate of drug-likeness (QED) is 0.469. The highest BCUT2D eigenvalue weighted by Crippen LogP contribution is 2.34. The average Bonchev–Trinajstić information content (AvgIpc) is 2.74. The normalized spacial score (nSPS) is 28.4. The number of fused-ring (bicyclic) bond motifs is 1. The van der Waals surface area contributed by atoms with Gasteiger partial charge < -0.3 is 0 Å². The molecule has 0 bridgehead atoms.